The molecule has 32 heavy (non-hydrogen) atoms. The van der Waals surface area contributed by atoms with E-state index >= 15 is 0 Å². The minimum absolute atomic E-state index is 0. The number of rotatable bonds is 5. The molecule has 2 aliphatic rings. The van der Waals surface area contributed by atoms with Crippen LogP contribution in [0.3, 0.4) is 0 Å². The molecule has 3 aromatic rings. The molecule has 1 unspecified atom stereocenters. The van der Waals surface area contributed by atoms with Crippen LogP contribution in [-0.4, -0.2) is 37.1 Å². The normalized spacial score (nSPS) is 21.3. The summed E-state index contributed by atoms with van der Waals surface area (Å²) in [7, 11) is 0. The lowest BCUT2D eigenvalue weighted by Crippen LogP contribution is -2.44. The van der Waals surface area contributed by atoms with Crippen molar-refractivity contribution >= 4 is 18.4 Å². The number of likely N-dealkylation sites (tertiary alicyclic amines) is 1. The molecule has 0 N–H and O–H groups in total. The first-order valence-corrected chi connectivity index (χ1v) is 11.4. The first kappa shape index (κ1) is 22.6. The molecule has 2 heterocycles. The molecule has 0 amide bonds. The Labute approximate surface area is 196 Å². The van der Waals surface area contributed by atoms with Crippen molar-refractivity contribution < 1.29 is 9.53 Å². The van der Waals surface area contributed by atoms with Gasteiger partial charge < -0.3 is 9.64 Å². The number of hydrogen-bond acceptors (Lipinski definition) is 3. The number of piperidine rings is 1. The van der Waals surface area contributed by atoms with Crippen molar-refractivity contribution in [2.45, 2.75) is 30.6 Å². The first-order chi connectivity index (χ1) is 15.3. The standard InChI is InChI=1S/C28H29NO2.ClH/c30-27-25-13-7-8-14-26(25)28(21-31-27,24-11-5-2-6-12-24)17-20-29-18-15-23(16-19-29)22-9-3-1-4-10-22;/h1-14,23H,15-21H2;1H. The number of hydrogen-bond donors (Lipinski definition) is 0. The van der Waals surface area contributed by atoms with Gasteiger partial charge in [-0.25, -0.2) is 4.79 Å². The van der Waals surface area contributed by atoms with Crippen molar-refractivity contribution in [2.24, 2.45) is 0 Å². The van der Waals surface area contributed by atoms with E-state index in [9.17, 15) is 4.79 Å². The quantitative estimate of drug-likeness (QED) is 0.460. The van der Waals surface area contributed by atoms with Gasteiger partial charge in [0, 0.05) is 0 Å². The average Bonchev–Trinajstić information content (AvgIpc) is 2.86. The summed E-state index contributed by atoms with van der Waals surface area (Å²) < 4.78 is 5.73. The maximum atomic E-state index is 12.4. The van der Waals surface area contributed by atoms with Crippen molar-refractivity contribution in [3.63, 3.8) is 0 Å². The monoisotopic (exact) mass is 447 g/mol. The Kier molecular flexibility index (Phi) is 6.98. The number of halogens is 1. The maximum absolute atomic E-state index is 12.4. The highest BCUT2D eigenvalue weighted by Gasteiger charge is 2.42. The zero-order chi connectivity index (χ0) is 21.1. The van der Waals surface area contributed by atoms with Crippen molar-refractivity contribution in [1.29, 1.82) is 0 Å². The number of ether oxygens (including phenoxy) is 1. The van der Waals surface area contributed by atoms with Crippen molar-refractivity contribution in [1.82, 2.24) is 4.90 Å². The predicted octanol–water partition coefficient (Wildman–Crippen LogP) is 5.83. The van der Waals surface area contributed by atoms with Crippen LogP contribution in [0.15, 0.2) is 84.9 Å². The van der Waals surface area contributed by atoms with E-state index < -0.39 is 0 Å². The molecule has 0 radical (unpaired) electrons. The van der Waals surface area contributed by atoms with Gasteiger partial charge in [0.2, 0.25) is 0 Å². The summed E-state index contributed by atoms with van der Waals surface area (Å²) >= 11 is 0. The van der Waals surface area contributed by atoms with Crippen LogP contribution in [0.2, 0.25) is 0 Å². The van der Waals surface area contributed by atoms with Crippen LogP contribution < -0.4 is 0 Å². The Balaban J connectivity index is 0.00000245. The molecule has 0 saturated carbocycles. The largest absolute Gasteiger partial charge is 0.461 e. The lowest BCUT2D eigenvalue weighted by Gasteiger charge is -2.41. The Morgan fingerprint density at radius 3 is 2.19 bits per heavy atom. The van der Waals surface area contributed by atoms with Crippen molar-refractivity contribution in [3.8, 4) is 0 Å². The van der Waals surface area contributed by atoms with Crippen LogP contribution >= 0.6 is 12.4 Å². The van der Waals surface area contributed by atoms with Gasteiger partial charge in [0.1, 0.15) is 6.61 Å². The zero-order valence-corrected chi connectivity index (χ0v) is 19.1. The fourth-order valence-electron chi connectivity index (χ4n) is 5.33. The topological polar surface area (TPSA) is 29.5 Å². The summed E-state index contributed by atoms with van der Waals surface area (Å²) in [5, 5.41) is 0. The number of carbonyl (C=O) groups is 1. The minimum Gasteiger partial charge on any atom is -0.461 e. The van der Waals surface area contributed by atoms with E-state index in [4.69, 9.17) is 4.74 Å². The number of nitrogens with zero attached hydrogens (tertiary/aromatic N) is 1. The third-order valence-electron chi connectivity index (χ3n) is 7.15. The minimum atomic E-state index is -0.290. The van der Waals surface area contributed by atoms with E-state index in [0.717, 1.165) is 31.6 Å². The highest BCUT2D eigenvalue weighted by molar-refractivity contribution is 5.93. The number of carbonyl (C=O) groups excluding carboxylic acids is 1. The Hall–Kier alpha value is -2.62. The van der Waals surface area contributed by atoms with Crippen molar-refractivity contribution in [3.05, 3.63) is 107 Å². The highest BCUT2D eigenvalue weighted by atomic mass is 35.5. The number of benzene rings is 3. The second kappa shape index (κ2) is 9.89. The molecule has 3 aromatic carbocycles. The molecular weight excluding hydrogens is 418 g/mol. The SMILES string of the molecule is Cl.O=C1OCC(CCN2CCC(c3ccccc3)CC2)(c2ccccc2)c2ccccc21. The molecular formula is C28H30ClNO2. The fraction of sp³-hybridized carbons (Fsp3) is 0.321. The molecule has 4 heteroatoms. The highest BCUT2D eigenvalue weighted by Crippen LogP contribution is 2.41. The van der Waals surface area contributed by atoms with Gasteiger partial charge >= 0.3 is 5.97 Å². The second-order valence-corrected chi connectivity index (χ2v) is 8.85. The maximum Gasteiger partial charge on any atom is 0.338 e. The summed E-state index contributed by atoms with van der Waals surface area (Å²) in [4.78, 5) is 15.0. The molecule has 0 spiro atoms. The lowest BCUT2D eigenvalue weighted by atomic mass is 9.69. The molecule has 3 nitrogen and oxygen atoms in total. The van der Waals surface area contributed by atoms with Gasteiger partial charge in [-0.3, -0.25) is 0 Å². The number of esters is 1. The molecule has 1 saturated heterocycles. The van der Waals surface area contributed by atoms with E-state index in [2.05, 4.69) is 65.6 Å². The predicted molar refractivity (Wildman–Crippen MR) is 131 cm³/mol. The van der Waals surface area contributed by atoms with Gasteiger partial charge in [-0.2, -0.15) is 0 Å². The van der Waals surface area contributed by atoms with Gasteiger partial charge in [-0.1, -0.05) is 78.9 Å². The summed E-state index contributed by atoms with van der Waals surface area (Å²) in [5.74, 6) is 0.461. The van der Waals surface area contributed by atoms with Crippen LogP contribution in [0, 0.1) is 0 Å². The Morgan fingerprint density at radius 2 is 1.47 bits per heavy atom. The molecule has 0 aromatic heterocycles. The van der Waals surface area contributed by atoms with Crippen molar-refractivity contribution in [2.75, 3.05) is 26.2 Å². The molecule has 1 atom stereocenters. The van der Waals surface area contributed by atoms with Gasteiger partial charge in [-0.15, -0.1) is 12.4 Å². The summed E-state index contributed by atoms with van der Waals surface area (Å²) in [5.41, 5.74) is 4.23. The molecule has 0 bridgehead atoms. The number of fused-ring (bicyclic) bond motifs is 1. The van der Waals surface area contributed by atoms with Crippen LogP contribution in [0.4, 0.5) is 0 Å². The summed E-state index contributed by atoms with van der Waals surface area (Å²) in [6.07, 6.45) is 3.35. The smallest absolute Gasteiger partial charge is 0.338 e. The van der Waals surface area contributed by atoms with Gasteiger partial charge in [0.25, 0.3) is 0 Å². The zero-order valence-electron chi connectivity index (χ0n) is 18.3. The van der Waals surface area contributed by atoms with E-state index in [-0.39, 0.29) is 23.8 Å². The van der Waals surface area contributed by atoms with Gasteiger partial charge in [-0.05, 0) is 67.6 Å². The lowest BCUT2D eigenvalue weighted by molar-refractivity contribution is 0.0354. The molecule has 166 valence electrons. The molecule has 0 aliphatic carbocycles. The van der Waals surface area contributed by atoms with E-state index in [1.54, 1.807) is 0 Å². The van der Waals surface area contributed by atoms with Gasteiger partial charge in [0.15, 0.2) is 0 Å². The Bertz CT molecular complexity index is 1030. The second-order valence-electron chi connectivity index (χ2n) is 8.85. The van der Waals surface area contributed by atoms with E-state index in [1.165, 1.54) is 24.0 Å². The third kappa shape index (κ3) is 4.32. The average molecular weight is 448 g/mol. The first-order valence-electron chi connectivity index (χ1n) is 11.4. The molecule has 2 aliphatic heterocycles. The van der Waals surface area contributed by atoms with Crippen LogP contribution in [0.25, 0.3) is 0 Å². The van der Waals surface area contributed by atoms with Crippen LogP contribution in [0.1, 0.15) is 52.2 Å². The summed E-state index contributed by atoms with van der Waals surface area (Å²) in [6, 6.07) is 29.5. The van der Waals surface area contributed by atoms with E-state index in [0.29, 0.717) is 18.1 Å². The summed E-state index contributed by atoms with van der Waals surface area (Å²) in [6.45, 7) is 3.65. The number of cyclic esters (lactones) is 1. The third-order valence-corrected chi connectivity index (χ3v) is 7.15. The van der Waals surface area contributed by atoms with Crippen LogP contribution in [0.5, 0.6) is 0 Å². The fourth-order valence-corrected chi connectivity index (χ4v) is 5.33. The van der Waals surface area contributed by atoms with Crippen LogP contribution in [-0.2, 0) is 10.2 Å². The van der Waals surface area contributed by atoms with E-state index in [1.807, 2.05) is 24.3 Å². The molecule has 1 fully saturated rings. The Morgan fingerprint density at radius 1 is 0.844 bits per heavy atom. The van der Waals surface area contributed by atoms with Gasteiger partial charge in [0.05, 0.1) is 11.0 Å². The molecule has 5 rings (SSSR count).